The Morgan fingerprint density at radius 2 is 1.80 bits per heavy atom. The summed E-state index contributed by atoms with van der Waals surface area (Å²) in [5.74, 6) is 0.824. The fraction of sp³-hybridized carbons (Fsp3) is 0.133. The second-order valence-electron chi connectivity index (χ2n) is 4.27. The van der Waals surface area contributed by atoms with E-state index >= 15 is 0 Å². The van der Waals surface area contributed by atoms with E-state index in [1.54, 1.807) is 7.11 Å². The molecule has 0 fully saturated rings. The van der Waals surface area contributed by atoms with Gasteiger partial charge in [-0.1, -0.05) is 11.6 Å². The van der Waals surface area contributed by atoms with E-state index < -0.39 is 0 Å². The first-order valence-corrected chi connectivity index (χ1v) is 6.85. The number of aryl methyl sites for hydroxylation is 1. The number of ether oxygens (including phenoxy) is 1. The monoisotopic (exact) mass is 306 g/mol. The molecule has 0 atom stereocenters. The zero-order chi connectivity index (χ0) is 14.5. The smallest absolute Gasteiger partial charge is 0.175 e. The maximum atomic E-state index is 5.84. The third kappa shape index (κ3) is 3.85. The molecule has 0 aromatic heterocycles. The molecule has 0 amide bonds. The highest BCUT2D eigenvalue weighted by Crippen LogP contribution is 2.21. The van der Waals surface area contributed by atoms with Crippen LogP contribution < -0.4 is 15.4 Å². The van der Waals surface area contributed by atoms with E-state index in [0.717, 1.165) is 22.7 Å². The van der Waals surface area contributed by atoms with Crippen molar-refractivity contribution in [2.45, 2.75) is 6.92 Å². The number of hydrogen-bond acceptors (Lipinski definition) is 2. The molecule has 0 radical (unpaired) electrons. The zero-order valence-corrected chi connectivity index (χ0v) is 12.8. The molecule has 5 heteroatoms. The standard InChI is InChI=1S/C15H15ClN2OS/c1-10-9-13(19-2)7-8-14(10)18-15(20)17-12-5-3-11(16)4-6-12/h3-9H,1-2H3,(H2,17,18,20). The van der Waals surface area contributed by atoms with Gasteiger partial charge in [-0.3, -0.25) is 0 Å². The van der Waals surface area contributed by atoms with Gasteiger partial charge in [-0.05, 0) is 67.2 Å². The van der Waals surface area contributed by atoms with Gasteiger partial charge in [-0.2, -0.15) is 0 Å². The predicted octanol–water partition coefficient (Wildman–Crippen LogP) is 4.47. The minimum Gasteiger partial charge on any atom is -0.497 e. The first-order chi connectivity index (χ1) is 9.58. The fourth-order valence-corrected chi connectivity index (χ4v) is 2.08. The predicted molar refractivity (Wildman–Crippen MR) is 89.0 cm³/mol. The lowest BCUT2D eigenvalue weighted by molar-refractivity contribution is 0.414. The molecule has 2 aromatic rings. The molecular formula is C15H15ClN2OS. The van der Waals surface area contributed by atoms with Crippen molar-refractivity contribution in [2.75, 3.05) is 17.7 Å². The average Bonchev–Trinajstić information content (AvgIpc) is 2.43. The number of halogens is 1. The van der Waals surface area contributed by atoms with Gasteiger partial charge in [0.25, 0.3) is 0 Å². The van der Waals surface area contributed by atoms with Crippen molar-refractivity contribution in [3.63, 3.8) is 0 Å². The number of methoxy groups -OCH3 is 1. The highest BCUT2D eigenvalue weighted by atomic mass is 35.5. The Morgan fingerprint density at radius 1 is 1.10 bits per heavy atom. The molecule has 3 nitrogen and oxygen atoms in total. The lowest BCUT2D eigenvalue weighted by Crippen LogP contribution is -2.19. The zero-order valence-electron chi connectivity index (χ0n) is 11.2. The molecular weight excluding hydrogens is 292 g/mol. The van der Waals surface area contributed by atoms with Crippen LogP contribution in [0.25, 0.3) is 0 Å². The summed E-state index contributed by atoms with van der Waals surface area (Å²) in [6.07, 6.45) is 0. The van der Waals surface area contributed by atoms with E-state index in [4.69, 9.17) is 28.6 Å². The topological polar surface area (TPSA) is 33.3 Å². The van der Waals surface area contributed by atoms with Crippen molar-refractivity contribution in [1.29, 1.82) is 0 Å². The summed E-state index contributed by atoms with van der Waals surface area (Å²) < 4.78 is 5.17. The van der Waals surface area contributed by atoms with Gasteiger partial charge in [-0.15, -0.1) is 0 Å². The molecule has 0 saturated heterocycles. The lowest BCUT2D eigenvalue weighted by atomic mass is 10.2. The van der Waals surface area contributed by atoms with Crippen LogP contribution in [0.2, 0.25) is 5.02 Å². The molecule has 0 heterocycles. The van der Waals surface area contributed by atoms with Crippen LogP contribution in [0.4, 0.5) is 11.4 Å². The molecule has 0 aliphatic rings. The van der Waals surface area contributed by atoms with Crippen molar-refractivity contribution in [3.8, 4) is 5.75 Å². The van der Waals surface area contributed by atoms with E-state index in [1.807, 2.05) is 49.4 Å². The van der Waals surface area contributed by atoms with Crippen LogP contribution in [0.1, 0.15) is 5.56 Å². The number of rotatable bonds is 3. The Labute approximate surface area is 128 Å². The van der Waals surface area contributed by atoms with Gasteiger partial charge < -0.3 is 15.4 Å². The molecule has 104 valence electrons. The third-order valence-corrected chi connectivity index (χ3v) is 3.24. The molecule has 0 spiro atoms. The minimum absolute atomic E-state index is 0.528. The van der Waals surface area contributed by atoms with Gasteiger partial charge in [0.2, 0.25) is 0 Å². The summed E-state index contributed by atoms with van der Waals surface area (Å²) in [6.45, 7) is 2.00. The van der Waals surface area contributed by atoms with E-state index in [2.05, 4.69) is 10.6 Å². The molecule has 0 saturated carbocycles. The van der Waals surface area contributed by atoms with Crippen LogP contribution in [-0.2, 0) is 0 Å². The second kappa shape index (κ2) is 6.59. The normalized spacial score (nSPS) is 9.95. The maximum absolute atomic E-state index is 5.84. The quantitative estimate of drug-likeness (QED) is 0.820. The molecule has 0 aliphatic heterocycles. The van der Waals surface area contributed by atoms with Crippen molar-refractivity contribution >= 4 is 40.3 Å². The summed E-state index contributed by atoms with van der Waals surface area (Å²) >= 11 is 11.1. The Kier molecular flexibility index (Phi) is 4.82. The third-order valence-electron chi connectivity index (χ3n) is 2.78. The van der Waals surface area contributed by atoms with E-state index in [1.165, 1.54) is 0 Å². The molecule has 0 unspecified atom stereocenters. The summed E-state index contributed by atoms with van der Waals surface area (Å²) in [5, 5.41) is 7.48. The summed E-state index contributed by atoms with van der Waals surface area (Å²) in [6, 6.07) is 13.1. The van der Waals surface area contributed by atoms with Crippen molar-refractivity contribution in [1.82, 2.24) is 0 Å². The number of benzene rings is 2. The molecule has 2 N–H and O–H groups in total. The van der Waals surface area contributed by atoms with Crippen molar-refractivity contribution in [2.24, 2.45) is 0 Å². The average molecular weight is 307 g/mol. The van der Waals surface area contributed by atoms with Crippen LogP contribution >= 0.6 is 23.8 Å². The van der Waals surface area contributed by atoms with E-state index in [-0.39, 0.29) is 0 Å². The largest absolute Gasteiger partial charge is 0.497 e. The van der Waals surface area contributed by atoms with Crippen LogP contribution in [0.5, 0.6) is 5.75 Å². The van der Waals surface area contributed by atoms with Crippen LogP contribution in [0.15, 0.2) is 42.5 Å². The first-order valence-electron chi connectivity index (χ1n) is 6.06. The first kappa shape index (κ1) is 14.6. The summed E-state index contributed by atoms with van der Waals surface area (Å²) in [4.78, 5) is 0. The fourth-order valence-electron chi connectivity index (χ4n) is 1.72. The van der Waals surface area contributed by atoms with Gasteiger partial charge >= 0.3 is 0 Å². The van der Waals surface area contributed by atoms with Gasteiger partial charge in [0.05, 0.1) is 7.11 Å². The van der Waals surface area contributed by atoms with Gasteiger partial charge in [0.1, 0.15) is 5.75 Å². The van der Waals surface area contributed by atoms with Crippen LogP contribution in [-0.4, -0.2) is 12.2 Å². The van der Waals surface area contributed by atoms with Crippen molar-refractivity contribution < 1.29 is 4.74 Å². The Bertz CT molecular complexity index is 614. The maximum Gasteiger partial charge on any atom is 0.175 e. The van der Waals surface area contributed by atoms with E-state index in [0.29, 0.717) is 10.1 Å². The highest BCUT2D eigenvalue weighted by molar-refractivity contribution is 7.80. The van der Waals surface area contributed by atoms with Crippen LogP contribution in [0, 0.1) is 6.92 Å². The number of anilines is 2. The molecule has 20 heavy (non-hydrogen) atoms. The second-order valence-corrected chi connectivity index (χ2v) is 5.11. The number of nitrogens with one attached hydrogen (secondary N) is 2. The molecule has 2 aromatic carbocycles. The number of hydrogen-bond donors (Lipinski definition) is 2. The molecule has 0 bridgehead atoms. The minimum atomic E-state index is 0.528. The summed E-state index contributed by atoms with van der Waals surface area (Å²) in [7, 11) is 1.65. The van der Waals surface area contributed by atoms with Crippen molar-refractivity contribution in [3.05, 3.63) is 53.1 Å². The summed E-state index contributed by atoms with van der Waals surface area (Å²) in [5.41, 5.74) is 2.89. The molecule has 0 aliphatic carbocycles. The Balaban J connectivity index is 2.02. The van der Waals surface area contributed by atoms with Gasteiger partial charge in [0, 0.05) is 16.4 Å². The van der Waals surface area contributed by atoms with Gasteiger partial charge in [-0.25, -0.2) is 0 Å². The van der Waals surface area contributed by atoms with E-state index in [9.17, 15) is 0 Å². The van der Waals surface area contributed by atoms with Gasteiger partial charge in [0.15, 0.2) is 5.11 Å². The lowest BCUT2D eigenvalue weighted by Gasteiger charge is -2.13. The number of thiocarbonyl (C=S) groups is 1. The Morgan fingerprint density at radius 3 is 2.40 bits per heavy atom. The van der Waals surface area contributed by atoms with Crippen LogP contribution in [0.3, 0.4) is 0 Å². The molecule has 2 rings (SSSR count). The highest BCUT2D eigenvalue weighted by Gasteiger charge is 2.03. The Hall–Kier alpha value is -1.78. The SMILES string of the molecule is COc1ccc(NC(=S)Nc2ccc(Cl)cc2)c(C)c1.